The Morgan fingerprint density at radius 1 is 1.62 bits per heavy atom. The molecule has 4 N–H and O–H groups in total. The third-order valence-electron chi connectivity index (χ3n) is 1.58. The molecule has 1 aliphatic carbocycles. The zero-order chi connectivity index (χ0) is 10.3. The molecule has 0 aromatic heterocycles. The van der Waals surface area contributed by atoms with Gasteiger partial charge in [-0.15, -0.1) is 0 Å². The summed E-state index contributed by atoms with van der Waals surface area (Å²) in [6.45, 7) is 2.46. The van der Waals surface area contributed by atoms with E-state index in [1.54, 1.807) is 18.2 Å². The molecule has 0 heterocycles. The molecule has 0 spiro atoms. The number of aliphatic hydroxyl groups is 1. The Labute approximate surface area is 82.9 Å². The first-order valence-corrected chi connectivity index (χ1v) is 4.05. The summed E-state index contributed by atoms with van der Waals surface area (Å²) < 4.78 is 2.65. The predicted molar refractivity (Wildman–Crippen MR) is 57.8 cm³/mol. The Bertz CT molecular complexity index is 238. The second kappa shape index (κ2) is 6.59. The van der Waals surface area contributed by atoms with E-state index in [4.69, 9.17) is 15.9 Å². The number of hydrogen-bond acceptors (Lipinski definition) is 5. The summed E-state index contributed by atoms with van der Waals surface area (Å²) in [6.07, 6.45) is 5.20. The largest absolute Gasteiger partial charge is 0.392 e. The molecule has 0 saturated heterocycles. The Morgan fingerprint density at radius 2 is 2.23 bits per heavy atom. The van der Waals surface area contributed by atoms with E-state index in [2.05, 4.69) is 24.3 Å². The summed E-state index contributed by atoms with van der Waals surface area (Å²) in [5.74, 6) is 0. The summed E-state index contributed by atoms with van der Waals surface area (Å²) in [6, 6.07) is -0.242. The van der Waals surface area contributed by atoms with Crippen LogP contribution in [0.25, 0.3) is 0 Å². The van der Waals surface area contributed by atoms with Gasteiger partial charge < -0.3 is 15.9 Å². The lowest BCUT2D eigenvalue weighted by Crippen LogP contribution is -2.34. The van der Waals surface area contributed by atoms with Gasteiger partial charge >= 0.3 is 0 Å². The molecule has 0 radical (unpaired) electrons. The standard InChI is InChI=1S/C7H10N2OS.CH3N/c8-6-3-1-2-5(4-10)7(6)9-11;1-2/h1-3,7-11H,4H2;2H,1H2. The summed E-state index contributed by atoms with van der Waals surface area (Å²) in [5.41, 5.74) is 1.19. The highest BCUT2D eigenvalue weighted by atomic mass is 32.1. The van der Waals surface area contributed by atoms with Crippen molar-refractivity contribution in [2.75, 3.05) is 6.61 Å². The second-order valence-electron chi connectivity index (χ2n) is 2.28. The first kappa shape index (κ1) is 12.1. The highest BCUT2D eigenvalue weighted by Gasteiger charge is 2.16. The van der Waals surface area contributed by atoms with Crippen molar-refractivity contribution < 1.29 is 5.11 Å². The van der Waals surface area contributed by atoms with Gasteiger partial charge in [-0.05, 0) is 18.4 Å². The van der Waals surface area contributed by atoms with Crippen LogP contribution >= 0.6 is 12.8 Å². The average Bonchev–Trinajstić information content (AvgIpc) is 2.20. The zero-order valence-electron chi connectivity index (χ0n) is 7.12. The molecule has 72 valence electrons. The van der Waals surface area contributed by atoms with E-state index in [1.807, 2.05) is 0 Å². The van der Waals surface area contributed by atoms with Crippen LogP contribution in [0.3, 0.4) is 0 Å². The van der Waals surface area contributed by atoms with E-state index in [-0.39, 0.29) is 12.6 Å². The lowest BCUT2D eigenvalue weighted by molar-refractivity contribution is 0.326. The van der Waals surface area contributed by atoms with Crippen molar-refractivity contribution in [3.63, 3.8) is 0 Å². The molecule has 5 heteroatoms. The number of hydrogen-bond donors (Lipinski definition) is 5. The number of aliphatic hydroxyl groups excluding tert-OH is 1. The molecule has 0 amide bonds. The topological polar surface area (TPSA) is 80.0 Å². The molecular formula is C8H13N3OS. The van der Waals surface area contributed by atoms with Crippen LogP contribution in [0.1, 0.15) is 0 Å². The number of rotatable bonds is 2. The van der Waals surface area contributed by atoms with Crippen molar-refractivity contribution in [2.45, 2.75) is 6.04 Å². The van der Waals surface area contributed by atoms with E-state index in [1.165, 1.54) is 0 Å². The maximum absolute atomic E-state index is 8.84. The Hall–Kier alpha value is -0.910. The summed E-state index contributed by atoms with van der Waals surface area (Å²) in [4.78, 5) is 0. The monoisotopic (exact) mass is 199 g/mol. The van der Waals surface area contributed by atoms with Crippen molar-refractivity contribution in [3.05, 3.63) is 23.8 Å². The molecule has 0 saturated carbocycles. The van der Waals surface area contributed by atoms with Crippen LogP contribution in [0, 0.1) is 10.8 Å². The fraction of sp³-hybridized carbons (Fsp3) is 0.250. The SMILES string of the molecule is C=N.N=C1C=CC=C(CO)C1NS. The number of nitrogens with one attached hydrogen (secondary N) is 3. The zero-order valence-corrected chi connectivity index (χ0v) is 8.01. The van der Waals surface area contributed by atoms with Gasteiger partial charge in [0.05, 0.1) is 18.4 Å². The molecular weight excluding hydrogens is 186 g/mol. The highest BCUT2D eigenvalue weighted by Crippen LogP contribution is 2.09. The van der Waals surface area contributed by atoms with E-state index < -0.39 is 0 Å². The van der Waals surface area contributed by atoms with Gasteiger partial charge in [0.2, 0.25) is 0 Å². The van der Waals surface area contributed by atoms with Crippen LogP contribution in [0.4, 0.5) is 0 Å². The Kier molecular flexibility index (Phi) is 6.13. The summed E-state index contributed by atoms with van der Waals surface area (Å²) >= 11 is 3.86. The fourth-order valence-corrected chi connectivity index (χ4v) is 1.27. The molecule has 4 nitrogen and oxygen atoms in total. The molecule has 1 unspecified atom stereocenters. The van der Waals surface area contributed by atoms with E-state index in [0.717, 1.165) is 5.57 Å². The maximum Gasteiger partial charge on any atom is 0.0818 e. The lowest BCUT2D eigenvalue weighted by atomic mass is 9.99. The molecule has 0 aromatic rings. The Morgan fingerprint density at radius 3 is 2.62 bits per heavy atom. The molecule has 1 rings (SSSR count). The fourth-order valence-electron chi connectivity index (χ4n) is 0.964. The quantitative estimate of drug-likeness (QED) is 0.333. The van der Waals surface area contributed by atoms with E-state index in [9.17, 15) is 0 Å². The van der Waals surface area contributed by atoms with Gasteiger partial charge in [0.1, 0.15) is 0 Å². The minimum Gasteiger partial charge on any atom is -0.392 e. The van der Waals surface area contributed by atoms with Crippen molar-refractivity contribution in [3.8, 4) is 0 Å². The third kappa shape index (κ3) is 3.14. The van der Waals surface area contributed by atoms with Gasteiger partial charge in [0.25, 0.3) is 0 Å². The van der Waals surface area contributed by atoms with E-state index in [0.29, 0.717) is 5.71 Å². The second-order valence-corrected chi connectivity index (χ2v) is 2.53. The molecule has 0 fully saturated rings. The predicted octanol–water partition coefficient (Wildman–Crippen LogP) is 0.563. The van der Waals surface area contributed by atoms with Crippen LogP contribution in [0.15, 0.2) is 23.8 Å². The van der Waals surface area contributed by atoms with Crippen LogP contribution in [-0.2, 0) is 0 Å². The highest BCUT2D eigenvalue weighted by molar-refractivity contribution is 7.78. The average molecular weight is 199 g/mol. The molecule has 0 bridgehead atoms. The van der Waals surface area contributed by atoms with E-state index >= 15 is 0 Å². The van der Waals surface area contributed by atoms with Gasteiger partial charge in [-0.25, -0.2) is 0 Å². The molecule has 0 aliphatic heterocycles. The minimum atomic E-state index is -0.242. The van der Waals surface area contributed by atoms with Gasteiger partial charge in [0, 0.05) is 0 Å². The first-order valence-electron chi connectivity index (χ1n) is 3.61. The lowest BCUT2D eigenvalue weighted by Gasteiger charge is -2.19. The summed E-state index contributed by atoms with van der Waals surface area (Å²) in [7, 11) is 0. The van der Waals surface area contributed by atoms with Crippen molar-refractivity contribution >= 4 is 25.2 Å². The number of allylic oxidation sites excluding steroid dienone is 2. The van der Waals surface area contributed by atoms with Crippen LogP contribution in [0.5, 0.6) is 0 Å². The van der Waals surface area contributed by atoms with Crippen LogP contribution in [0.2, 0.25) is 0 Å². The first-order chi connectivity index (χ1) is 6.29. The van der Waals surface area contributed by atoms with Gasteiger partial charge in [-0.1, -0.05) is 25.0 Å². The van der Waals surface area contributed by atoms with Crippen molar-refractivity contribution in [1.29, 1.82) is 10.8 Å². The molecule has 1 atom stereocenters. The van der Waals surface area contributed by atoms with Crippen molar-refractivity contribution in [2.24, 2.45) is 0 Å². The minimum absolute atomic E-state index is 0.0368. The normalized spacial score (nSPS) is 20.3. The third-order valence-corrected chi connectivity index (χ3v) is 1.84. The smallest absolute Gasteiger partial charge is 0.0818 e. The number of thiol groups is 1. The van der Waals surface area contributed by atoms with Crippen molar-refractivity contribution in [1.82, 2.24) is 4.72 Å². The molecule has 13 heavy (non-hydrogen) atoms. The molecule has 0 aromatic carbocycles. The summed E-state index contributed by atoms with van der Waals surface area (Å²) in [5, 5.41) is 21.8. The Balaban J connectivity index is 0.000000671. The maximum atomic E-state index is 8.84. The van der Waals surface area contributed by atoms with Crippen LogP contribution in [-0.4, -0.2) is 30.2 Å². The van der Waals surface area contributed by atoms with Gasteiger partial charge in [-0.3, -0.25) is 4.72 Å². The van der Waals surface area contributed by atoms with Crippen LogP contribution < -0.4 is 4.72 Å². The molecule has 1 aliphatic rings. The van der Waals surface area contributed by atoms with Gasteiger partial charge in [0.15, 0.2) is 0 Å². The van der Waals surface area contributed by atoms with Gasteiger partial charge in [-0.2, -0.15) is 0 Å².